The number of nitrogens with one attached hydrogen (secondary N) is 1. The van der Waals surface area contributed by atoms with Crippen LogP contribution in [0.1, 0.15) is 23.0 Å². The highest BCUT2D eigenvalue weighted by Crippen LogP contribution is 2.39. The molecule has 120 valence electrons. The number of aromatic amines is 1. The zero-order chi connectivity index (χ0) is 16.6. The van der Waals surface area contributed by atoms with Gasteiger partial charge in [0.15, 0.2) is 5.69 Å². The van der Waals surface area contributed by atoms with E-state index in [1.54, 1.807) is 19.1 Å². The molecule has 0 aliphatic carbocycles. The van der Waals surface area contributed by atoms with Gasteiger partial charge in [-0.25, -0.2) is 4.79 Å². The maximum atomic E-state index is 13.0. The van der Waals surface area contributed by atoms with E-state index in [1.165, 1.54) is 6.07 Å². The number of halogens is 3. The molecule has 0 radical (unpaired) electrons. The molecule has 9 heteroatoms. The van der Waals surface area contributed by atoms with Crippen LogP contribution in [-0.2, 0) is 10.9 Å². The number of carbonyl (C=O) groups excluding carboxylic acids is 1. The van der Waals surface area contributed by atoms with Gasteiger partial charge in [0.1, 0.15) is 5.69 Å². The Labute approximate surface area is 132 Å². The average Bonchev–Trinajstić information content (AvgIpc) is 3.12. The fraction of sp³-hybridized carbons (Fsp3) is 0.214. The predicted octanol–water partition coefficient (Wildman–Crippen LogP) is 3.88. The minimum absolute atomic E-state index is 0.0602. The number of carbonyl (C=O) groups is 1. The van der Waals surface area contributed by atoms with Crippen molar-refractivity contribution in [3.05, 3.63) is 34.8 Å². The molecule has 0 aliphatic rings. The number of benzene rings is 1. The van der Waals surface area contributed by atoms with Crippen molar-refractivity contribution in [2.75, 3.05) is 6.61 Å². The van der Waals surface area contributed by atoms with Crippen LogP contribution >= 0.6 is 11.3 Å². The van der Waals surface area contributed by atoms with Crippen LogP contribution in [0, 0.1) is 0 Å². The van der Waals surface area contributed by atoms with Crippen molar-refractivity contribution in [2.24, 2.45) is 0 Å². The lowest BCUT2D eigenvalue weighted by Gasteiger charge is -2.06. The zero-order valence-electron chi connectivity index (χ0n) is 11.8. The molecule has 0 bridgehead atoms. The zero-order valence-corrected chi connectivity index (χ0v) is 12.6. The highest BCUT2D eigenvalue weighted by Gasteiger charge is 2.33. The smallest absolute Gasteiger partial charge is 0.417 e. The Kier molecular flexibility index (Phi) is 3.80. The number of hydrogen-bond acceptors (Lipinski definition) is 5. The summed E-state index contributed by atoms with van der Waals surface area (Å²) in [5, 5.41) is 11.0. The van der Waals surface area contributed by atoms with Crippen LogP contribution in [0.5, 0.6) is 0 Å². The molecule has 2 aromatic heterocycles. The van der Waals surface area contributed by atoms with Gasteiger partial charge in [-0.3, -0.25) is 0 Å². The van der Waals surface area contributed by atoms with E-state index < -0.39 is 17.7 Å². The maximum Gasteiger partial charge on any atom is 0.417 e. The van der Waals surface area contributed by atoms with E-state index in [-0.39, 0.29) is 23.4 Å². The summed E-state index contributed by atoms with van der Waals surface area (Å²) < 4.78 is 44.5. The molecule has 1 N–H and O–H groups in total. The van der Waals surface area contributed by atoms with Crippen molar-refractivity contribution in [3.63, 3.8) is 0 Å². The van der Waals surface area contributed by atoms with E-state index in [9.17, 15) is 18.0 Å². The molecule has 5 nitrogen and oxygen atoms in total. The summed E-state index contributed by atoms with van der Waals surface area (Å²) in [6.07, 6.45) is -4.44. The van der Waals surface area contributed by atoms with Gasteiger partial charge in [-0.05, 0) is 19.1 Å². The molecule has 0 saturated carbocycles. The summed E-state index contributed by atoms with van der Waals surface area (Å²) in [4.78, 5) is 11.8. The molecule has 0 atom stereocenters. The van der Waals surface area contributed by atoms with Crippen LogP contribution in [-0.4, -0.2) is 28.0 Å². The van der Waals surface area contributed by atoms with Gasteiger partial charge in [0.2, 0.25) is 0 Å². The van der Waals surface area contributed by atoms with E-state index in [2.05, 4.69) is 15.4 Å². The first-order chi connectivity index (χ1) is 10.9. The maximum absolute atomic E-state index is 13.0. The van der Waals surface area contributed by atoms with Crippen molar-refractivity contribution in [1.29, 1.82) is 0 Å². The lowest BCUT2D eigenvalue weighted by Crippen LogP contribution is -2.07. The van der Waals surface area contributed by atoms with Gasteiger partial charge in [-0.1, -0.05) is 6.07 Å². The Morgan fingerprint density at radius 1 is 1.35 bits per heavy atom. The quantitative estimate of drug-likeness (QED) is 0.734. The third-order valence-corrected chi connectivity index (χ3v) is 4.13. The van der Waals surface area contributed by atoms with E-state index in [0.717, 1.165) is 16.7 Å². The first-order valence-corrected chi connectivity index (χ1v) is 7.46. The Balaban J connectivity index is 2.11. The molecule has 3 rings (SSSR count). The van der Waals surface area contributed by atoms with E-state index in [4.69, 9.17) is 4.74 Å². The second-order valence-electron chi connectivity index (χ2n) is 4.60. The monoisotopic (exact) mass is 341 g/mol. The molecule has 0 fully saturated rings. The molecule has 2 heterocycles. The summed E-state index contributed by atoms with van der Waals surface area (Å²) in [5.74, 6) is -0.683. The number of alkyl halides is 3. The second-order valence-corrected chi connectivity index (χ2v) is 5.51. The van der Waals surface area contributed by atoms with Crippen molar-refractivity contribution in [2.45, 2.75) is 13.1 Å². The Bertz CT molecular complexity index is 870. The highest BCUT2D eigenvalue weighted by molar-refractivity contribution is 7.17. The number of nitrogens with zero attached hydrogens (tertiary/aromatic N) is 2. The van der Waals surface area contributed by atoms with Gasteiger partial charge < -0.3 is 4.74 Å². The normalized spacial score (nSPS) is 11.8. The van der Waals surface area contributed by atoms with Crippen LogP contribution in [0.4, 0.5) is 13.2 Å². The van der Waals surface area contributed by atoms with Gasteiger partial charge in [-0.2, -0.15) is 23.5 Å². The van der Waals surface area contributed by atoms with E-state index in [1.807, 2.05) is 0 Å². The number of esters is 1. The van der Waals surface area contributed by atoms with Crippen LogP contribution < -0.4 is 0 Å². The van der Waals surface area contributed by atoms with E-state index >= 15 is 0 Å². The summed E-state index contributed by atoms with van der Waals surface area (Å²) in [5.41, 5.74) is -0.251. The third-order valence-electron chi connectivity index (χ3n) is 3.17. The average molecular weight is 341 g/mol. The van der Waals surface area contributed by atoms with Crippen LogP contribution in [0.3, 0.4) is 0 Å². The highest BCUT2D eigenvalue weighted by atomic mass is 32.1. The van der Waals surface area contributed by atoms with Crippen molar-refractivity contribution >= 4 is 27.4 Å². The van der Waals surface area contributed by atoms with Gasteiger partial charge in [0.05, 0.1) is 12.2 Å². The molecule has 0 spiro atoms. The summed E-state index contributed by atoms with van der Waals surface area (Å²) in [7, 11) is 0. The van der Waals surface area contributed by atoms with Gasteiger partial charge in [0.25, 0.3) is 0 Å². The number of aromatic nitrogens is 3. The predicted molar refractivity (Wildman–Crippen MR) is 78.2 cm³/mol. The molecule has 23 heavy (non-hydrogen) atoms. The minimum Gasteiger partial charge on any atom is -0.461 e. The molecular formula is C14H10F3N3O2S. The number of ether oxygens (including phenoxy) is 1. The van der Waals surface area contributed by atoms with Crippen LogP contribution in [0.2, 0.25) is 0 Å². The molecular weight excluding hydrogens is 331 g/mol. The SMILES string of the molecule is CCOC(=O)c1n[nH]nc1-c1ccc2scc(C(F)(F)F)c2c1. The lowest BCUT2D eigenvalue weighted by atomic mass is 10.1. The number of rotatable bonds is 3. The number of hydrogen-bond donors (Lipinski definition) is 1. The Hall–Kier alpha value is -2.42. The molecule has 0 saturated heterocycles. The summed E-state index contributed by atoms with van der Waals surface area (Å²) in [6, 6.07) is 4.52. The number of fused-ring (bicyclic) bond motifs is 1. The molecule has 3 aromatic rings. The topological polar surface area (TPSA) is 67.9 Å². The fourth-order valence-corrected chi connectivity index (χ4v) is 3.12. The standard InChI is InChI=1S/C14H10F3N3O2S/c1-2-22-13(21)12-11(18-20-19-12)7-3-4-10-8(5-7)9(6-23-10)14(15,16)17/h3-6H,2H2,1H3,(H,18,19,20). The van der Waals surface area contributed by atoms with Gasteiger partial charge >= 0.3 is 12.1 Å². The summed E-state index contributed by atoms with van der Waals surface area (Å²) >= 11 is 1.01. The van der Waals surface area contributed by atoms with Crippen molar-refractivity contribution < 1.29 is 22.7 Å². The van der Waals surface area contributed by atoms with Gasteiger partial charge in [-0.15, -0.1) is 16.4 Å². The number of H-pyrrole nitrogens is 1. The fourth-order valence-electron chi connectivity index (χ4n) is 2.17. The van der Waals surface area contributed by atoms with Crippen LogP contribution in [0.15, 0.2) is 23.6 Å². The molecule has 1 aromatic carbocycles. The third kappa shape index (κ3) is 2.79. The lowest BCUT2D eigenvalue weighted by molar-refractivity contribution is -0.136. The van der Waals surface area contributed by atoms with Crippen molar-refractivity contribution in [3.8, 4) is 11.3 Å². The van der Waals surface area contributed by atoms with E-state index in [0.29, 0.717) is 10.3 Å². The van der Waals surface area contributed by atoms with Crippen LogP contribution in [0.25, 0.3) is 21.3 Å². The molecule has 0 aliphatic heterocycles. The first kappa shape index (κ1) is 15.5. The Morgan fingerprint density at radius 2 is 2.13 bits per heavy atom. The second kappa shape index (κ2) is 5.65. The Morgan fingerprint density at radius 3 is 2.83 bits per heavy atom. The number of thiophene rings is 1. The first-order valence-electron chi connectivity index (χ1n) is 6.58. The largest absolute Gasteiger partial charge is 0.461 e. The molecule has 0 unspecified atom stereocenters. The van der Waals surface area contributed by atoms with Crippen molar-refractivity contribution in [1.82, 2.24) is 15.4 Å². The summed E-state index contributed by atoms with van der Waals surface area (Å²) in [6.45, 7) is 1.80. The van der Waals surface area contributed by atoms with Gasteiger partial charge in [0, 0.05) is 21.0 Å². The minimum atomic E-state index is -4.44. The molecule has 0 amide bonds.